The molecule has 0 aliphatic carbocycles. The van der Waals surface area contributed by atoms with Crippen LogP contribution in [0.15, 0.2) is 33.6 Å². The summed E-state index contributed by atoms with van der Waals surface area (Å²) in [6.45, 7) is 1.68. The first kappa shape index (κ1) is 18.9. The average molecular weight is 411 g/mol. The molecule has 4 atom stereocenters. The van der Waals surface area contributed by atoms with Gasteiger partial charge in [-0.3, -0.25) is 4.79 Å². The molecule has 4 heterocycles. The number of hydrogen-bond acceptors (Lipinski definition) is 8. The zero-order valence-corrected chi connectivity index (χ0v) is 16.7. The number of nitrogens with one attached hydrogen (secondary N) is 1. The number of phenolic OH excluding ortho intramolecular Hbond substituents is 1. The lowest BCUT2D eigenvalue weighted by atomic mass is 9.96. The first-order valence-electron chi connectivity index (χ1n) is 10.0. The molecule has 8 nitrogen and oxygen atoms in total. The second kappa shape index (κ2) is 7.02. The summed E-state index contributed by atoms with van der Waals surface area (Å²) in [5.74, 6) is 0.991. The summed E-state index contributed by atoms with van der Waals surface area (Å²) in [5.41, 5.74) is 0.410. The highest BCUT2D eigenvalue weighted by atomic mass is 19.1. The second-order valence-electron chi connectivity index (χ2n) is 8.13. The topological polar surface area (TPSA) is 104 Å². The summed E-state index contributed by atoms with van der Waals surface area (Å²) in [5, 5.41) is 22.3. The number of halogens is 1. The van der Waals surface area contributed by atoms with Crippen LogP contribution in [-0.2, 0) is 0 Å². The molecule has 0 saturated carbocycles. The minimum atomic E-state index is -0.981. The molecular weight excluding hydrogens is 389 g/mol. The van der Waals surface area contributed by atoms with Crippen LogP contribution in [0.25, 0.3) is 22.4 Å². The molecule has 0 spiro atoms. The maximum absolute atomic E-state index is 14.8. The quantitative estimate of drug-likeness (QED) is 0.677. The number of rotatable bonds is 3. The van der Waals surface area contributed by atoms with Crippen molar-refractivity contribution >= 4 is 16.8 Å². The highest BCUT2D eigenvalue weighted by Gasteiger charge is 2.43. The molecule has 5 rings (SSSR count). The van der Waals surface area contributed by atoms with Crippen molar-refractivity contribution in [3.8, 4) is 17.1 Å². The Morgan fingerprint density at radius 3 is 2.87 bits per heavy atom. The van der Waals surface area contributed by atoms with Gasteiger partial charge in [-0.2, -0.15) is 0 Å². The van der Waals surface area contributed by atoms with Crippen LogP contribution in [0.4, 0.5) is 10.2 Å². The van der Waals surface area contributed by atoms with Crippen LogP contribution in [0.2, 0.25) is 0 Å². The maximum Gasteiger partial charge on any atom is 0.193 e. The summed E-state index contributed by atoms with van der Waals surface area (Å²) in [6.07, 6.45) is 3.10. The Labute approximate surface area is 171 Å². The highest BCUT2D eigenvalue weighted by molar-refractivity contribution is 5.85. The van der Waals surface area contributed by atoms with Gasteiger partial charge in [-0.05, 0) is 38.3 Å². The number of aromatic hydroxyl groups is 1. The Hall–Kier alpha value is -3.07. The lowest BCUT2D eigenvalue weighted by Crippen LogP contribution is -2.55. The Morgan fingerprint density at radius 1 is 1.27 bits per heavy atom. The Balaban J connectivity index is 1.45. The number of hydrogen-bond donors (Lipinski definition) is 2. The molecule has 0 unspecified atom stereocenters. The fourth-order valence-corrected chi connectivity index (χ4v) is 4.56. The fraction of sp³-hybridized carbons (Fsp3) is 0.429. The van der Waals surface area contributed by atoms with Crippen LogP contribution in [-0.4, -0.2) is 51.6 Å². The van der Waals surface area contributed by atoms with Gasteiger partial charge in [-0.1, -0.05) is 0 Å². The van der Waals surface area contributed by atoms with Gasteiger partial charge in [0.1, 0.15) is 23.3 Å². The summed E-state index contributed by atoms with van der Waals surface area (Å²) in [4.78, 5) is 18.2. The SMILES string of the molecule is Cc1cc(=O)c2cc(O)c(-c3ncc(N(C)[C@H]4C[C@@H]5CC[C@@H](N5)[C@H]4F)nn3)cc2o1. The van der Waals surface area contributed by atoms with Gasteiger partial charge >= 0.3 is 0 Å². The van der Waals surface area contributed by atoms with Gasteiger partial charge in [0.15, 0.2) is 17.1 Å². The van der Waals surface area contributed by atoms with Crippen molar-refractivity contribution in [1.29, 1.82) is 0 Å². The first-order chi connectivity index (χ1) is 14.4. The van der Waals surface area contributed by atoms with Crippen LogP contribution in [0, 0.1) is 6.92 Å². The molecule has 2 aromatic heterocycles. The summed E-state index contributed by atoms with van der Waals surface area (Å²) in [6, 6.07) is 4.19. The van der Waals surface area contributed by atoms with Gasteiger partial charge in [0.2, 0.25) is 0 Å². The molecule has 3 aromatic rings. The third kappa shape index (κ3) is 3.09. The molecule has 2 saturated heterocycles. The summed E-state index contributed by atoms with van der Waals surface area (Å²) < 4.78 is 20.4. The van der Waals surface area contributed by atoms with E-state index in [0.717, 1.165) is 12.8 Å². The molecule has 2 bridgehead atoms. The van der Waals surface area contributed by atoms with E-state index >= 15 is 0 Å². The van der Waals surface area contributed by atoms with Gasteiger partial charge in [0.05, 0.1) is 23.2 Å². The Kier molecular flexibility index (Phi) is 4.43. The molecule has 2 aliphatic heterocycles. The monoisotopic (exact) mass is 411 g/mol. The minimum Gasteiger partial charge on any atom is -0.507 e. The Morgan fingerprint density at radius 2 is 2.10 bits per heavy atom. The predicted octanol–water partition coefficient (Wildman–Crippen LogP) is 2.33. The average Bonchev–Trinajstić information content (AvgIpc) is 3.14. The van der Waals surface area contributed by atoms with Gasteiger partial charge in [0.25, 0.3) is 0 Å². The zero-order valence-electron chi connectivity index (χ0n) is 16.7. The van der Waals surface area contributed by atoms with E-state index in [0.29, 0.717) is 35.2 Å². The number of nitrogens with zero attached hydrogens (tertiary/aromatic N) is 4. The van der Waals surface area contributed by atoms with Gasteiger partial charge in [-0.15, -0.1) is 10.2 Å². The van der Waals surface area contributed by atoms with Crippen molar-refractivity contribution in [2.45, 2.75) is 50.5 Å². The predicted molar refractivity (Wildman–Crippen MR) is 109 cm³/mol. The largest absolute Gasteiger partial charge is 0.507 e. The van der Waals surface area contributed by atoms with Crippen molar-refractivity contribution in [2.24, 2.45) is 0 Å². The molecule has 2 N–H and O–H groups in total. The molecule has 30 heavy (non-hydrogen) atoms. The smallest absolute Gasteiger partial charge is 0.193 e. The molecule has 0 amide bonds. The lowest BCUT2D eigenvalue weighted by molar-refractivity contribution is 0.176. The highest BCUT2D eigenvalue weighted by Crippen LogP contribution is 2.34. The van der Waals surface area contributed by atoms with Crippen molar-refractivity contribution in [1.82, 2.24) is 20.5 Å². The standard InChI is InChI=1S/C21H22FN5O3/c1-10-5-16(28)12-7-17(29)13(8-18(12)30-10)21-23-9-19(25-26-21)27(2)15-6-11-3-4-14(24-11)20(15)22/h5,7-9,11,14-15,20,24,29H,3-4,6H2,1-2H3/t11-,14+,15-,20+/m0/s1. The van der Waals surface area contributed by atoms with Crippen LogP contribution in [0.3, 0.4) is 0 Å². The zero-order chi connectivity index (χ0) is 21.0. The van der Waals surface area contributed by atoms with E-state index in [-0.39, 0.29) is 34.5 Å². The number of anilines is 1. The van der Waals surface area contributed by atoms with E-state index < -0.39 is 6.17 Å². The van der Waals surface area contributed by atoms with Gasteiger partial charge in [0, 0.05) is 25.2 Å². The van der Waals surface area contributed by atoms with Gasteiger partial charge in [-0.25, -0.2) is 9.37 Å². The normalized spacial score (nSPS) is 25.6. The van der Waals surface area contributed by atoms with E-state index in [9.17, 15) is 14.3 Å². The van der Waals surface area contributed by atoms with Crippen LogP contribution in [0.5, 0.6) is 5.75 Å². The maximum atomic E-state index is 14.8. The molecule has 9 heteroatoms. The summed E-state index contributed by atoms with van der Waals surface area (Å²) in [7, 11) is 1.80. The Bertz CT molecular complexity index is 1170. The molecule has 1 aromatic carbocycles. The molecular formula is C21H22FN5O3. The number of piperidine rings is 1. The van der Waals surface area contributed by atoms with Crippen LogP contribution in [0.1, 0.15) is 25.0 Å². The van der Waals surface area contributed by atoms with Crippen molar-refractivity contribution in [3.05, 3.63) is 40.4 Å². The minimum absolute atomic E-state index is 0.107. The number of alkyl halides is 1. The summed E-state index contributed by atoms with van der Waals surface area (Å²) >= 11 is 0. The molecule has 0 radical (unpaired) electrons. The van der Waals surface area contributed by atoms with E-state index in [4.69, 9.17) is 4.42 Å². The lowest BCUT2D eigenvalue weighted by Gasteiger charge is -2.38. The number of phenols is 1. The first-order valence-corrected chi connectivity index (χ1v) is 10.0. The van der Waals surface area contributed by atoms with Gasteiger partial charge < -0.3 is 19.7 Å². The van der Waals surface area contributed by atoms with E-state index in [1.54, 1.807) is 18.9 Å². The number of aromatic nitrogens is 3. The molecule has 2 aliphatic rings. The third-order valence-corrected chi connectivity index (χ3v) is 6.17. The van der Waals surface area contributed by atoms with Crippen molar-refractivity contribution < 1.29 is 13.9 Å². The fourth-order valence-electron chi connectivity index (χ4n) is 4.56. The number of benzene rings is 1. The van der Waals surface area contributed by atoms with Crippen LogP contribution >= 0.6 is 0 Å². The van der Waals surface area contributed by atoms with E-state index in [1.165, 1.54) is 24.4 Å². The van der Waals surface area contributed by atoms with E-state index in [1.807, 2.05) is 0 Å². The van der Waals surface area contributed by atoms with Crippen molar-refractivity contribution in [2.75, 3.05) is 11.9 Å². The second-order valence-corrected chi connectivity index (χ2v) is 8.13. The molecule has 2 fully saturated rings. The number of fused-ring (bicyclic) bond motifs is 3. The van der Waals surface area contributed by atoms with Crippen molar-refractivity contribution in [3.63, 3.8) is 0 Å². The third-order valence-electron chi connectivity index (χ3n) is 6.17. The molecule has 156 valence electrons. The van der Waals surface area contributed by atoms with E-state index in [2.05, 4.69) is 20.5 Å². The van der Waals surface area contributed by atoms with Crippen LogP contribution < -0.4 is 15.6 Å². The number of aryl methyl sites for hydroxylation is 1.